The number of anilines is 1. The molecule has 65 heavy (non-hydrogen) atoms. The van der Waals surface area contributed by atoms with Crippen LogP contribution < -0.4 is 24.9 Å². The molecule has 11 nitrogen and oxygen atoms in total. The molecular formula is C50H51Cl2N3O8S2. The molecule has 0 unspecified atom stereocenters. The lowest BCUT2D eigenvalue weighted by atomic mass is 9.78. The summed E-state index contributed by atoms with van der Waals surface area (Å²) in [6.07, 6.45) is 0. The van der Waals surface area contributed by atoms with Crippen molar-refractivity contribution in [1.29, 1.82) is 0 Å². The fourth-order valence-electron chi connectivity index (χ4n) is 8.49. The fourth-order valence-corrected chi connectivity index (χ4v) is 10.9. The normalized spacial score (nSPS) is 14.0. The zero-order valence-corrected chi connectivity index (χ0v) is 40.2. The van der Waals surface area contributed by atoms with Gasteiger partial charge in [0.05, 0.1) is 11.0 Å². The van der Waals surface area contributed by atoms with Gasteiger partial charge in [-0.25, -0.2) is 17.2 Å². The molecule has 1 spiro atoms. The Kier molecular flexibility index (Phi) is 14.5. The van der Waals surface area contributed by atoms with Gasteiger partial charge in [0.15, 0.2) is 5.60 Å². The van der Waals surface area contributed by atoms with Gasteiger partial charge in [-0.2, -0.15) is 8.42 Å². The van der Waals surface area contributed by atoms with E-state index in [0.29, 0.717) is 60.7 Å². The van der Waals surface area contributed by atoms with Gasteiger partial charge in [0, 0.05) is 79.7 Å². The SMILES string of the molecule is CCN(CC)c1ccc2c(-c3ccccc3S(=O)(=O)[O-])c3ccc(=[N+](CC)CC)cc-3oc2c1.CCNCC.O=S1(=O)OC2(c3ccc(Cl)cc3Oc3cc(Cl)ccc32)c2ccccc21. The maximum absolute atomic E-state index is 12.8. The summed E-state index contributed by atoms with van der Waals surface area (Å²) in [6, 6.07) is 35.1. The fraction of sp³-hybridized carbons (Fsp3) is 0.260. The number of nitrogens with zero attached hydrogens (tertiary/aromatic N) is 2. The highest BCUT2D eigenvalue weighted by atomic mass is 35.5. The van der Waals surface area contributed by atoms with Crippen molar-refractivity contribution in [3.05, 3.63) is 153 Å². The molecule has 0 atom stereocenters. The number of halogens is 2. The topological polar surface area (TPSA) is 141 Å². The molecule has 0 fully saturated rings. The van der Waals surface area contributed by atoms with Crippen LogP contribution in [0.2, 0.25) is 10.0 Å². The summed E-state index contributed by atoms with van der Waals surface area (Å²) in [7, 11) is -8.62. The summed E-state index contributed by atoms with van der Waals surface area (Å²) < 4.78 is 82.4. The van der Waals surface area contributed by atoms with Gasteiger partial charge in [0.1, 0.15) is 50.9 Å². The Balaban J connectivity index is 0.000000180. The molecule has 0 bridgehead atoms. The van der Waals surface area contributed by atoms with Gasteiger partial charge in [-0.15, -0.1) is 0 Å². The number of fused-ring (bicyclic) bond motifs is 8. The molecule has 0 radical (unpaired) electrons. The Labute approximate surface area is 391 Å². The summed E-state index contributed by atoms with van der Waals surface area (Å²) >= 11 is 12.2. The predicted octanol–water partition coefficient (Wildman–Crippen LogP) is 10.5. The lowest BCUT2D eigenvalue weighted by Crippen LogP contribution is -2.33. The number of rotatable bonds is 9. The minimum absolute atomic E-state index is 0.142. The largest absolute Gasteiger partial charge is 0.744 e. The quantitative estimate of drug-likeness (QED) is 0.0643. The average Bonchev–Trinajstić information content (AvgIpc) is 3.53. The number of hydrogen-bond donors (Lipinski definition) is 1. The van der Waals surface area contributed by atoms with Crippen LogP contribution in [-0.2, 0) is 30.0 Å². The lowest BCUT2D eigenvalue weighted by molar-refractivity contribution is 0.164. The molecule has 0 saturated heterocycles. The van der Waals surface area contributed by atoms with Crippen molar-refractivity contribution in [3.63, 3.8) is 0 Å². The second-order valence-corrected chi connectivity index (χ2v) is 18.9. The average molecular weight is 957 g/mol. The first kappa shape index (κ1) is 47.7. The van der Waals surface area contributed by atoms with Crippen molar-refractivity contribution in [2.75, 3.05) is 44.2 Å². The standard InChI is InChI=1S/C27H30N2O4S.C19H10Cl2O4S.C4H11N/c1-5-28(6-2)19-13-15-21-24(17-19)33-25-18-20(29(7-3)8-4)14-16-22(25)27(21)23-11-9-10-12-26(23)34(30,31)32;20-11-5-7-13-16(9-11)24-17-10-12(21)6-8-14(17)19(13)15-3-1-2-4-18(15)26(22,23)25-19;1-3-5-4-2/h9-18H,5-8H2,1-4H3;1-10H;5H,3-4H2,1-2H3. The predicted molar refractivity (Wildman–Crippen MR) is 258 cm³/mol. The van der Waals surface area contributed by atoms with Gasteiger partial charge in [0.2, 0.25) is 5.36 Å². The lowest BCUT2D eigenvalue weighted by Gasteiger charge is -2.36. The Bertz CT molecular complexity index is 3090. The number of ether oxygens (including phenoxy) is 1. The van der Waals surface area contributed by atoms with Gasteiger partial charge in [-0.05, 0) is 95.4 Å². The van der Waals surface area contributed by atoms with E-state index in [2.05, 4.69) is 56.3 Å². The van der Waals surface area contributed by atoms with E-state index in [1.54, 1.807) is 78.9 Å². The number of hydrogen-bond acceptors (Lipinski definition) is 10. The molecule has 0 saturated carbocycles. The monoisotopic (exact) mass is 955 g/mol. The van der Waals surface area contributed by atoms with E-state index in [0.717, 1.165) is 61.3 Å². The minimum atomic E-state index is -4.68. The smallest absolute Gasteiger partial charge is 0.298 e. The molecular weight excluding hydrogens is 906 g/mol. The van der Waals surface area contributed by atoms with Gasteiger partial charge >= 0.3 is 0 Å². The highest BCUT2D eigenvalue weighted by molar-refractivity contribution is 7.87. The molecule has 9 rings (SSSR count). The maximum atomic E-state index is 12.8. The van der Waals surface area contributed by atoms with E-state index in [1.165, 1.54) is 6.07 Å². The Morgan fingerprint density at radius 3 is 1.91 bits per heavy atom. The van der Waals surface area contributed by atoms with Gasteiger partial charge in [0.25, 0.3) is 10.1 Å². The molecule has 1 aliphatic carbocycles. The molecule has 3 heterocycles. The maximum Gasteiger partial charge on any atom is 0.298 e. The van der Waals surface area contributed by atoms with Gasteiger partial charge in [-0.1, -0.05) is 85.6 Å². The summed E-state index contributed by atoms with van der Waals surface area (Å²) in [6.45, 7) is 18.2. The molecule has 0 amide bonds. The third-order valence-electron chi connectivity index (χ3n) is 11.5. The minimum Gasteiger partial charge on any atom is -0.744 e. The summed E-state index contributed by atoms with van der Waals surface area (Å²) in [5.41, 5.74) is 3.84. The van der Waals surface area contributed by atoms with E-state index in [4.69, 9.17) is 36.5 Å². The van der Waals surface area contributed by atoms with Crippen LogP contribution in [-0.4, -0.2) is 60.7 Å². The number of benzene rings is 6. The molecule has 4 aliphatic rings. The third kappa shape index (κ3) is 9.29. The van der Waals surface area contributed by atoms with Crippen LogP contribution in [0.25, 0.3) is 33.4 Å². The van der Waals surface area contributed by atoms with Crippen LogP contribution in [0.4, 0.5) is 5.69 Å². The Hall–Kier alpha value is -5.25. The van der Waals surface area contributed by atoms with Crippen LogP contribution >= 0.6 is 23.2 Å². The molecule has 340 valence electrons. The third-order valence-corrected chi connectivity index (χ3v) is 14.2. The Morgan fingerprint density at radius 1 is 0.708 bits per heavy atom. The molecule has 1 N–H and O–H groups in total. The highest BCUT2D eigenvalue weighted by Gasteiger charge is 2.55. The first-order valence-electron chi connectivity index (χ1n) is 21.6. The van der Waals surface area contributed by atoms with E-state index in [9.17, 15) is 21.4 Å². The van der Waals surface area contributed by atoms with Gasteiger partial charge in [-0.3, -0.25) is 0 Å². The molecule has 5 aromatic carbocycles. The summed E-state index contributed by atoms with van der Waals surface area (Å²) in [5.74, 6) is 1.50. The zero-order chi connectivity index (χ0) is 46.7. The van der Waals surface area contributed by atoms with Crippen molar-refractivity contribution in [3.8, 4) is 33.9 Å². The van der Waals surface area contributed by atoms with Crippen molar-refractivity contribution < 1.29 is 34.7 Å². The van der Waals surface area contributed by atoms with E-state index in [1.807, 2.05) is 36.4 Å². The first-order chi connectivity index (χ1) is 31.1. The van der Waals surface area contributed by atoms with E-state index >= 15 is 0 Å². The second kappa shape index (κ2) is 19.7. The molecule has 0 aromatic heterocycles. The van der Waals surface area contributed by atoms with Crippen LogP contribution in [0.1, 0.15) is 58.2 Å². The van der Waals surface area contributed by atoms with E-state index < -0.39 is 25.8 Å². The van der Waals surface area contributed by atoms with Crippen LogP contribution in [0, 0.1) is 0 Å². The van der Waals surface area contributed by atoms with Crippen LogP contribution in [0.5, 0.6) is 11.5 Å². The van der Waals surface area contributed by atoms with E-state index in [-0.39, 0.29) is 9.79 Å². The van der Waals surface area contributed by atoms with Crippen molar-refractivity contribution in [2.45, 2.75) is 56.9 Å². The van der Waals surface area contributed by atoms with Crippen molar-refractivity contribution >= 4 is 60.1 Å². The van der Waals surface area contributed by atoms with Crippen molar-refractivity contribution in [2.24, 2.45) is 0 Å². The Morgan fingerprint density at radius 2 is 1.32 bits per heavy atom. The van der Waals surface area contributed by atoms with Crippen molar-refractivity contribution in [1.82, 2.24) is 9.89 Å². The molecule has 3 aliphatic heterocycles. The van der Waals surface area contributed by atoms with Gasteiger partial charge < -0.3 is 23.9 Å². The van der Waals surface area contributed by atoms with Crippen LogP contribution in [0.15, 0.2) is 136 Å². The molecule has 5 aromatic rings. The van der Waals surface area contributed by atoms with Crippen LogP contribution in [0.3, 0.4) is 0 Å². The summed E-state index contributed by atoms with van der Waals surface area (Å²) in [5, 5.41) is 5.84. The molecule has 15 heteroatoms. The second-order valence-electron chi connectivity index (χ2n) is 15.2. The summed E-state index contributed by atoms with van der Waals surface area (Å²) in [4.78, 5) is 2.13. The first-order valence-corrected chi connectivity index (χ1v) is 25.1. The number of nitrogens with one attached hydrogen (secondary N) is 1. The zero-order valence-electron chi connectivity index (χ0n) is 37.0. The highest BCUT2D eigenvalue weighted by Crippen LogP contribution is 2.58.